The number of carbonyl (C=O) groups is 2. The fourth-order valence-corrected chi connectivity index (χ4v) is 1.93. The first-order valence-electron chi connectivity index (χ1n) is 7.93. The molecule has 0 aliphatic rings. The molecular formula is C18H25N3O4. The lowest BCUT2D eigenvalue weighted by Crippen LogP contribution is -2.42. The average molecular weight is 347 g/mol. The second kappa shape index (κ2) is 7.94. The maximum Gasteiger partial charge on any atom is 0.420 e. The van der Waals surface area contributed by atoms with Crippen LogP contribution in [0.2, 0.25) is 0 Å². The summed E-state index contributed by atoms with van der Waals surface area (Å²) in [6.07, 6.45) is -0.744. The number of nitrogens with one attached hydrogen (secondary N) is 1. The first kappa shape index (κ1) is 20.4. The Morgan fingerprint density at radius 2 is 1.52 bits per heavy atom. The van der Waals surface area contributed by atoms with E-state index in [1.807, 2.05) is 0 Å². The number of esters is 1. The summed E-state index contributed by atoms with van der Waals surface area (Å²) in [4.78, 5) is 27.6. The molecule has 1 aromatic carbocycles. The zero-order valence-electron chi connectivity index (χ0n) is 15.5. The van der Waals surface area contributed by atoms with Gasteiger partial charge in [0.1, 0.15) is 11.2 Å². The summed E-state index contributed by atoms with van der Waals surface area (Å²) in [5.41, 5.74) is 8.08. The number of nitrogens with zero attached hydrogens (tertiary/aromatic N) is 2. The summed E-state index contributed by atoms with van der Waals surface area (Å²) in [5.74, 6) is -0.833. The summed E-state index contributed by atoms with van der Waals surface area (Å²) >= 11 is 0. The molecule has 136 valence electrons. The van der Waals surface area contributed by atoms with Crippen LogP contribution in [-0.2, 0) is 14.3 Å². The van der Waals surface area contributed by atoms with Gasteiger partial charge in [0.2, 0.25) is 0 Å². The van der Waals surface area contributed by atoms with Crippen LogP contribution in [0.5, 0.6) is 0 Å². The van der Waals surface area contributed by atoms with Crippen LogP contribution in [0.4, 0.5) is 4.79 Å². The molecule has 0 spiro atoms. The van der Waals surface area contributed by atoms with Gasteiger partial charge in [-0.15, -0.1) is 0 Å². The molecule has 7 heteroatoms. The standard InChI is InChI=1S/C18H25N3O4/c1-17(2,3)24-15(22)14(21-19)13(12-10-8-7-9-11-12)20-16(23)25-18(4,5)6/h7-11,13H,1-6H3,(H,20,23)/t13-/m1/s1. The summed E-state index contributed by atoms with van der Waals surface area (Å²) in [6.45, 7) is 10.2. The zero-order chi connectivity index (χ0) is 19.3. The highest BCUT2D eigenvalue weighted by Gasteiger charge is 2.38. The van der Waals surface area contributed by atoms with Crippen molar-refractivity contribution in [3.63, 3.8) is 0 Å². The molecule has 1 aromatic rings. The van der Waals surface area contributed by atoms with Crippen LogP contribution in [0.15, 0.2) is 30.3 Å². The highest BCUT2D eigenvalue weighted by atomic mass is 16.6. The van der Waals surface area contributed by atoms with Crippen molar-refractivity contribution in [2.75, 3.05) is 0 Å². The third-order valence-corrected chi connectivity index (χ3v) is 2.78. The molecule has 1 amide bonds. The zero-order valence-corrected chi connectivity index (χ0v) is 15.5. The molecule has 0 radical (unpaired) electrons. The summed E-state index contributed by atoms with van der Waals surface area (Å²) < 4.78 is 10.5. The number of benzene rings is 1. The van der Waals surface area contributed by atoms with Crippen molar-refractivity contribution in [3.05, 3.63) is 41.4 Å². The molecule has 0 saturated heterocycles. The van der Waals surface area contributed by atoms with Crippen LogP contribution in [0.25, 0.3) is 5.53 Å². The van der Waals surface area contributed by atoms with Crippen LogP contribution >= 0.6 is 0 Å². The third-order valence-electron chi connectivity index (χ3n) is 2.78. The van der Waals surface area contributed by atoms with E-state index in [4.69, 9.17) is 9.47 Å². The SMILES string of the molecule is CC(C)(C)OC(=O)N[C@@H](C(=[N+]=[N-])C(=O)OC(C)(C)C)c1ccccc1. The Kier molecular flexibility index (Phi) is 6.48. The van der Waals surface area contributed by atoms with E-state index in [9.17, 15) is 15.1 Å². The Morgan fingerprint density at radius 3 is 1.96 bits per heavy atom. The van der Waals surface area contributed by atoms with E-state index in [1.54, 1.807) is 71.9 Å². The number of rotatable bonds is 4. The first-order valence-corrected chi connectivity index (χ1v) is 7.93. The lowest BCUT2D eigenvalue weighted by molar-refractivity contribution is -0.151. The quantitative estimate of drug-likeness (QED) is 0.391. The maximum absolute atomic E-state index is 12.4. The van der Waals surface area contributed by atoms with Gasteiger partial charge < -0.3 is 20.3 Å². The molecule has 0 fully saturated rings. The van der Waals surface area contributed by atoms with Gasteiger partial charge >= 0.3 is 17.8 Å². The molecule has 1 rings (SSSR count). The van der Waals surface area contributed by atoms with Crippen molar-refractivity contribution in [2.24, 2.45) is 0 Å². The van der Waals surface area contributed by atoms with Gasteiger partial charge in [-0.3, -0.25) is 0 Å². The summed E-state index contributed by atoms with van der Waals surface area (Å²) in [5, 5.41) is 2.55. The van der Waals surface area contributed by atoms with Crippen LogP contribution in [0.3, 0.4) is 0 Å². The molecule has 25 heavy (non-hydrogen) atoms. The van der Waals surface area contributed by atoms with Gasteiger partial charge in [-0.1, -0.05) is 30.3 Å². The normalized spacial score (nSPS) is 12.6. The van der Waals surface area contributed by atoms with Crippen molar-refractivity contribution in [1.82, 2.24) is 5.32 Å². The van der Waals surface area contributed by atoms with Crippen LogP contribution in [0.1, 0.15) is 53.1 Å². The number of ether oxygens (including phenoxy) is 2. The molecular weight excluding hydrogens is 322 g/mol. The molecule has 1 atom stereocenters. The minimum atomic E-state index is -1.02. The van der Waals surface area contributed by atoms with Crippen molar-refractivity contribution in [2.45, 2.75) is 58.8 Å². The van der Waals surface area contributed by atoms with E-state index >= 15 is 0 Å². The van der Waals surface area contributed by atoms with Crippen molar-refractivity contribution in [1.29, 1.82) is 0 Å². The number of amides is 1. The second-order valence-corrected chi connectivity index (χ2v) is 7.48. The smallest absolute Gasteiger partial charge is 0.420 e. The van der Waals surface area contributed by atoms with Gasteiger partial charge in [0, 0.05) is 0 Å². The second-order valence-electron chi connectivity index (χ2n) is 7.48. The fraction of sp³-hybridized carbons (Fsp3) is 0.500. The molecule has 7 nitrogen and oxygen atoms in total. The van der Waals surface area contributed by atoms with E-state index in [-0.39, 0.29) is 5.71 Å². The molecule has 0 bridgehead atoms. The fourth-order valence-electron chi connectivity index (χ4n) is 1.93. The van der Waals surface area contributed by atoms with Crippen molar-refractivity contribution >= 4 is 17.8 Å². The Hall–Kier alpha value is -2.66. The average Bonchev–Trinajstić information content (AvgIpc) is 2.44. The summed E-state index contributed by atoms with van der Waals surface area (Å²) in [7, 11) is 0. The van der Waals surface area contributed by atoms with Gasteiger partial charge in [0.15, 0.2) is 6.04 Å². The number of hydrogen-bond donors (Lipinski definition) is 1. The molecule has 1 N–H and O–H groups in total. The number of hydrogen-bond acceptors (Lipinski definition) is 4. The van der Waals surface area contributed by atoms with Crippen LogP contribution in [0, 0.1) is 0 Å². The highest BCUT2D eigenvalue weighted by Crippen LogP contribution is 2.18. The van der Waals surface area contributed by atoms with Gasteiger partial charge in [0.25, 0.3) is 0 Å². The molecule has 0 aliphatic heterocycles. The number of carbonyl (C=O) groups excluding carboxylic acids is 2. The Morgan fingerprint density at radius 1 is 1.00 bits per heavy atom. The summed E-state index contributed by atoms with van der Waals surface area (Å²) in [6, 6.07) is 7.63. The highest BCUT2D eigenvalue weighted by molar-refractivity contribution is 6.36. The molecule has 0 unspecified atom stereocenters. The minimum Gasteiger partial charge on any atom is -0.451 e. The third kappa shape index (κ3) is 7.18. The molecule has 0 aliphatic carbocycles. The molecule has 0 heterocycles. The Bertz CT molecular complexity index is 666. The topological polar surface area (TPSA) is 101 Å². The van der Waals surface area contributed by atoms with Crippen molar-refractivity contribution < 1.29 is 23.9 Å². The van der Waals surface area contributed by atoms with Gasteiger partial charge in [-0.05, 0) is 47.1 Å². The maximum atomic E-state index is 12.4. The Labute approximate surface area is 147 Å². The largest absolute Gasteiger partial charge is 0.451 e. The minimum absolute atomic E-state index is 0.341. The Balaban J connectivity index is 3.16. The monoisotopic (exact) mass is 347 g/mol. The van der Waals surface area contributed by atoms with Gasteiger partial charge in [-0.25, -0.2) is 9.59 Å². The van der Waals surface area contributed by atoms with E-state index < -0.39 is 29.3 Å². The predicted octanol–water partition coefficient (Wildman–Crippen LogP) is 3.26. The van der Waals surface area contributed by atoms with E-state index in [0.29, 0.717) is 5.56 Å². The van der Waals surface area contributed by atoms with Crippen LogP contribution in [-0.4, -0.2) is 33.8 Å². The van der Waals surface area contributed by atoms with Crippen molar-refractivity contribution in [3.8, 4) is 0 Å². The lowest BCUT2D eigenvalue weighted by Gasteiger charge is -2.23. The van der Waals surface area contributed by atoms with E-state index in [2.05, 4.69) is 10.1 Å². The van der Waals surface area contributed by atoms with Gasteiger partial charge in [0.05, 0.1) is 0 Å². The molecule has 0 saturated carbocycles. The van der Waals surface area contributed by atoms with Gasteiger partial charge in [-0.2, -0.15) is 4.79 Å². The van der Waals surface area contributed by atoms with Crippen LogP contribution < -0.4 is 5.32 Å². The molecule has 0 aromatic heterocycles. The lowest BCUT2D eigenvalue weighted by atomic mass is 10.0. The first-order chi connectivity index (χ1) is 11.4. The number of alkyl carbamates (subject to hydrolysis) is 1. The predicted molar refractivity (Wildman–Crippen MR) is 93.0 cm³/mol. The van der Waals surface area contributed by atoms with E-state index in [0.717, 1.165) is 0 Å². The van der Waals surface area contributed by atoms with E-state index in [1.165, 1.54) is 0 Å².